The maximum Gasteiger partial charge on any atom is 0.129 e. The number of nitrogens with zero attached hydrogens (tertiary/aromatic N) is 2. The Kier molecular flexibility index (Phi) is 4.07. The average molecular weight is 248 g/mol. The first kappa shape index (κ1) is 12.0. The minimum absolute atomic E-state index is 0.736. The molecule has 0 fully saturated rings. The standard InChI is InChI=1S/C13H14ClN3/c1-15-7-6-13-16-8-11(9-17-13)10-2-4-12(14)5-3-10/h2-5,8-9,15H,6-7H2,1H3. The van der Waals surface area contributed by atoms with Crippen molar-refractivity contribution < 1.29 is 0 Å². The molecule has 4 heteroatoms. The molecule has 1 heterocycles. The molecule has 3 nitrogen and oxygen atoms in total. The second-order valence-corrected chi connectivity index (χ2v) is 4.18. The van der Waals surface area contributed by atoms with Crippen LogP contribution in [0.4, 0.5) is 0 Å². The number of nitrogens with one attached hydrogen (secondary N) is 1. The molecular weight excluding hydrogens is 234 g/mol. The molecule has 2 aromatic rings. The Hall–Kier alpha value is -1.45. The molecule has 2 rings (SSSR count). The minimum Gasteiger partial charge on any atom is -0.319 e. The van der Waals surface area contributed by atoms with Gasteiger partial charge in [-0.1, -0.05) is 23.7 Å². The number of halogens is 1. The number of hydrogen-bond donors (Lipinski definition) is 1. The quantitative estimate of drug-likeness (QED) is 0.902. The monoisotopic (exact) mass is 247 g/mol. The minimum atomic E-state index is 0.736. The smallest absolute Gasteiger partial charge is 0.129 e. The molecule has 88 valence electrons. The molecule has 0 aliphatic heterocycles. The van der Waals surface area contributed by atoms with Crippen LogP contribution in [0.25, 0.3) is 11.1 Å². The summed E-state index contributed by atoms with van der Waals surface area (Å²) in [5, 5.41) is 3.81. The van der Waals surface area contributed by atoms with Crippen molar-refractivity contribution in [3.8, 4) is 11.1 Å². The second kappa shape index (κ2) is 5.75. The molecule has 0 amide bonds. The molecule has 0 spiro atoms. The first-order valence-corrected chi connectivity index (χ1v) is 5.89. The van der Waals surface area contributed by atoms with Gasteiger partial charge in [-0.2, -0.15) is 0 Å². The normalized spacial score (nSPS) is 10.5. The van der Waals surface area contributed by atoms with E-state index in [2.05, 4.69) is 15.3 Å². The molecule has 17 heavy (non-hydrogen) atoms. The third-order valence-corrected chi connectivity index (χ3v) is 2.73. The lowest BCUT2D eigenvalue weighted by molar-refractivity contribution is 0.755. The predicted octanol–water partition coefficient (Wildman–Crippen LogP) is 2.56. The molecule has 0 radical (unpaired) electrons. The zero-order chi connectivity index (χ0) is 12.1. The number of benzene rings is 1. The van der Waals surface area contributed by atoms with Crippen molar-refractivity contribution in [3.05, 3.63) is 47.5 Å². The summed E-state index contributed by atoms with van der Waals surface area (Å²) in [5.74, 6) is 0.858. The van der Waals surface area contributed by atoms with Crippen LogP contribution >= 0.6 is 11.6 Å². The highest BCUT2D eigenvalue weighted by Gasteiger charge is 2.00. The van der Waals surface area contributed by atoms with Crippen LogP contribution < -0.4 is 5.32 Å². The van der Waals surface area contributed by atoms with Crippen LogP contribution in [0, 0.1) is 0 Å². The summed E-state index contributed by atoms with van der Waals surface area (Å²) in [6, 6.07) is 7.67. The van der Waals surface area contributed by atoms with Gasteiger partial charge in [0, 0.05) is 35.9 Å². The lowest BCUT2D eigenvalue weighted by Crippen LogP contribution is -2.12. The number of likely N-dealkylation sites (N-methyl/N-ethyl adjacent to an activating group) is 1. The summed E-state index contributed by atoms with van der Waals surface area (Å²) in [7, 11) is 1.92. The van der Waals surface area contributed by atoms with Crippen LogP contribution in [0.2, 0.25) is 5.02 Å². The first-order chi connectivity index (χ1) is 8.29. The Labute approximate surface area is 106 Å². The van der Waals surface area contributed by atoms with Gasteiger partial charge in [-0.25, -0.2) is 9.97 Å². The van der Waals surface area contributed by atoms with E-state index in [1.165, 1.54) is 0 Å². The Bertz CT molecular complexity index is 465. The highest BCUT2D eigenvalue weighted by atomic mass is 35.5. The van der Waals surface area contributed by atoms with Crippen LogP contribution in [0.1, 0.15) is 5.82 Å². The van der Waals surface area contributed by atoms with Gasteiger partial charge in [0.15, 0.2) is 0 Å². The van der Waals surface area contributed by atoms with Crippen molar-refractivity contribution in [2.45, 2.75) is 6.42 Å². The van der Waals surface area contributed by atoms with Crippen molar-refractivity contribution in [3.63, 3.8) is 0 Å². The van der Waals surface area contributed by atoms with Gasteiger partial charge in [0.25, 0.3) is 0 Å². The Morgan fingerprint density at radius 3 is 2.29 bits per heavy atom. The topological polar surface area (TPSA) is 37.8 Å². The van der Waals surface area contributed by atoms with Gasteiger partial charge in [0.1, 0.15) is 5.82 Å². The van der Waals surface area contributed by atoms with E-state index >= 15 is 0 Å². The fourth-order valence-electron chi connectivity index (χ4n) is 1.51. The largest absolute Gasteiger partial charge is 0.319 e. The van der Waals surface area contributed by atoms with Crippen molar-refractivity contribution in [1.82, 2.24) is 15.3 Å². The zero-order valence-electron chi connectivity index (χ0n) is 9.65. The molecule has 1 aromatic carbocycles. The van der Waals surface area contributed by atoms with Crippen molar-refractivity contribution in [2.24, 2.45) is 0 Å². The van der Waals surface area contributed by atoms with Crippen LogP contribution in [-0.4, -0.2) is 23.6 Å². The Morgan fingerprint density at radius 1 is 1.06 bits per heavy atom. The van der Waals surface area contributed by atoms with Crippen molar-refractivity contribution in [2.75, 3.05) is 13.6 Å². The van der Waals surface area contributed by atoms with Crippen LogP contribution in [-0.2, 0) is 6.42 Å². The summed E-state index contributed by atoms with van der Waals surface area (Å²) >= 11 is 5.84. The number of hydrogen-bond acceptors (Lipinski definition) is 3. The maximum atomic E-state index is 5.84. The van der Waals surface area contributed by atoms with E-state index < -0.39 is 0 Å². The van der Waals surface area contributed by atoms with E-state index in [0.717, 1.165) is 34.9 Å². The van der Waals surface area contributed by atoms with E-state index in [1.54, 1.807) is 0 Å². The summed E-state index contributed by atoms with van der Waals surface area (Å²) in [6.45, 7) is 0.889. The lowest BCUT2D eigenvalue weighted by Gasteiger charge is -2.03. The number of rotatable bonds is 4. The van der Waals surface area contributed by atoms with Gasteiger partial charge in [-0.15, -0.1) is 0 Å². The molecule has 1 aromatic heterocycles. The molecule has 0 aliphatic carbocycles. The third kappa shape index (κ3) is 3.25. The van der Waals surface area contributed by atoms with Gasteiger partial charge in [-0.3, -0.25) is 0 Å². The highest BCUT2D eigenvalue weighted by molar-refractivity contribution is 6.30. The van der Waals surface area contributed by atoms with E-state index in [0.29, 0.717) is 0 Å². The predicted molar refractivity (Wildman–Crippen MR) is 70.1 cm³/mol. The van der Waals surface area contributed by atoms with Crippen molar-refractivity contribution in [1.29, 1.82) is 0 Å². The van der Waals surface area contributed by atoms with Gasteiger partial charge in [0.2, 0.25) is 0 Å². The summed E-state index contributed by atoms with van der Waals surface area (Å²) < 4.78 is 0. The molecule has 0 atom stereocenters. The average Bonchev–Trinajstić information content (AvgIpc) is 2.38. The number of aromatic nitrogens is 2. The Morgan fingerprint density at radius 2 is 1.71 bits per heavy atom. The molecule has 0 saturated heterocycles. The SMILES string of the molecule is CNCCc1ncc(-c2ccc(Cl)cc2)cn1. The van der Waals surface area contributed by atoms with E-state index in [1.807, 2.05) is 43.7 Å². The zero-order valence-corrected chi connectivity index (χ0v) is 10.4. The Balaban J connectivity index is 2.14. The first-order valence-electron chi connectivity index (χ1n) is 5.51. The summed E-state index contributed by atoms with van der Waals surface area (Å²) in [6.07, 6.45) is 4.54. The highest BCUT2D eigenvalue weighted by Crippen LogP contribution is 2.19. The summed E-state index contributed by atoms with van der Waals surface area (Å²) in [5.41, 5.74) is 2.09. The van der Waals surface area contributed by atoms with E-state index in [-0.39, 0.29) is 0 Å². The molecule has 0 aliphatic rings. The van der Waals surface area contributed by atoms with Gasteiger partial charge < -0.3 is 5.32 Å². The second-order valence-electron chi connectivity index (χ2n) is 3.75. The summed E-state index contributed by atoms with van der Waals surface area (Å²) in [4.78, 5) is 8.66. The lowest BCUT2D eigenvalue weighted by atomic mass is 10.1. The van der Waals surface area contributed by atoms with Gasteiger partial charge >= 0.3 is 0 Å². The van der Waals surface area contributed by atoms with Crippen LogP contribution in [0.15, 0.2) is 36.7 Å². The maximum absolute atomic E-state index is 5.84. The van der Waals surface area contributed by atoms with Crippen molar-refractivity contribution >= 4 is 11.6 Å². The molecule has 0 unspecified atom stereocenters. The van der Waals surface area contributed by atoms with Crippen LogP contribution in [0.5, 0.6) is 0 Å². The van der Waals surface area contributed by atoms with E-state index in [4.69, 9.17) is 11.6 Å². The molecule has 1 N–H and O–H groups in total. The van der Waals surface area contributed by atoms with E-state index in [9.17, 15) is 0 Å². The van der Waals surface area contributed by atoms with Gasteiger partial charge in [-0.05, 0) is 24.7 Å². The fourth-order valence-corrected chi connectivity index (χ4v) is 1.64. The molecule has 0 bridgehead atoms. The molecular formula is C13H14ClN3. The van der Waals surface area contributed by atoms with Crippen LogP contribution in [0.3, 0.4) is 0 Å². The fraction of sp³-hybridized carbons (Fsp3) is 0.231. The molecule has 0 saturated carbocycles. The third-order valence-electron chi connectivity index (χ3n) is 2.48. The van der Waals surface area contributed by atoms with Gasteiger partial charge in [0.05, 0.1) is 0 Å².